The van der Waals surface area contributed by atoms with Gasteiger partial charge in [0.25, 0.3) is 0 Å². The predicted molar refractivity (Wildman–Crippen MR) is 146 cm³/mol. The average Bonchev–Trinajstić information content (AvgIpc) is 2.79. The Hall–Kier alpha value is -2.59. The quantitative estimate of drug-likeness (QED) is 0.379. The summed E-state index contributed by atoms with van der Waals surface area (Å²) in [7, 11) is -3.61. The first kappa shape index (κ1) is 29.6. The largest absolute Gasteiger partial charge is 0.492 e. The number of halogens is 1. The Bertz CT molecular complexity index is 1140. The molecule has 0 heterocycles. The van der Waals surface area contributed by atoms with Gasteiger partial charge in [0.1, 0.15) is 11.8 Å². The monoisotopic (exact) mass is 581 g/mol. The molecule has 0 saturated heterocycles. The van der Waals surface area contributed by atoms with Crippen molar-refractivity contribution < 1.29 is 22.7 Å². The molecule has 198 valence electrons. The van der Waals surface area contributed by atoms with Gasteiger partial charge in [-0.3, -0.25) is 13.9 Å². The number of anilines is 1. The number of rotatable bonds is 13. The van der Waals surface area contributed by atoms with Crippen LogP contribution in [0.4, 0.5) is 5.69 Å². The van der Waals surface area contributed by atoms with Crippen LogP contribution in [0.5, 0.6) is 5.75 Å². The van der Waals surface area contributed by atoms with Crippen LogP contribution in [0.3, 0.4) is 0 Å². The van der Waals surface area contributed by atoms with Gasteiger partial charge in [-0.2, -0.15) is 0 Å². The fourth-order valence-electron chi connectivity index (χ4n) is 3.74. The summed E-state index contributed by atoms with van der Waals surface area (Å²) in [6.45, 7) is 8.02. The molecule has 0 saturated carbocycles. The van der Waals surface area contributed by atoms with Gasteiger partial charge < -0.3 is 15.0 Å². The Morgan fingerprint density at radius 3 is 2.39 bits per heavy atom. The van der Waals surface area contributed by atoms with Crippen LogP contribution in [-0.2, 0) is 26.2 Å². The molecule has 0 aliphatic heterocycles. The lowest BCUT2D eigenvalue weighted by Crippen LogP contribution is -2.49. The standard InChI is InChI=1S/C26H36BrN3O5S/c1-6-35-24-14-8-7-13-23(24)30(36(5,33)34)16-10-15-25(31)29(20(4)26(32)28-19(2)3)18-21-11-9-12-22(27)17-21/h7-9,11-14,17,19-20H,6,10,15-16,18H2,1-5H3,(H,28,32). The Labute approximate surface area is 223 Å². The highest BCUT2D eigenvalue weighted by molar-refractivity contribution is 9.10. The van der Waals surface area contributed by atoms with E-state index < -0.39 is 16.1 Å². The molecular weight excluding hydrogens is 546 g/mol. The zero-order valence-corrected chi connectivity index (χ0v) is 23.9. The van der Waals surface area contributed by atoms with Gasteiger partial charge in [0.15, 0.2) is 0 Å². The van der Waals surface area contributed by atoms with Crippen LogP contribution in [-0.4, -0.2) is 56.6 Å². The van der Waals surface area contributed by atoms with Gasteiger partial charge in [0.05, 0.1) is 18.6 Å². The van der Waals surface area contributed by atoms with Crippen molar-refractivity contribution in [3.8, 4) is 5.75 Å². The van der Waals surface area contributed by atoms with Gasteiger partial charge in [-0.15, -0.1) is 0 Å². The highest BCUT2D eigenvalue weighted by Crippen LogP contribution is 2.30. The summed E-state index contributed by atoms with van der Waals surface area (Å²) >= 11 is 3.45. The van der Waals surface area contributed by atoms with E-state index in [1.807, 2.05) is 45.0 Å². The van der Waals surface area contributed by atoms with Gasteiger partial charge in [-0.25, -0.2) is 8.42 Å². The fourth-order valence-corrected chi connectivity index (χ4v) is 5.16. The summed E-state index contributed by atoms with van der Waals surface area (Å²) < 4.78 is 32.9. The second-order valence-electron chi connectivity index (χ2n) is 8.83. The molecule has 2 aromatic rings. The van der Waals surface area contributed by atoms with E-state index in [-0.39, 0.29) is 43.8 Å². The lowest BCUT2D eigenvalue weighted by Gasteiger charge is -2.30. The van der Waals surface area contributed by atoms with Crippen molar-refractivity contribution in [1.82, 2.24) is 10.2 Å². The maximum atomic E-state index is 13.3. The second kappa shape index (κ2) is 13.6. The number of ether oxygens (including phenoxy) is 1. The van der Waals surface area contributed by atoms with Gasteiger partial charge in [0.2, 0.25) is 21.8 Å². The van der Waals surface area contributed by atoms with Crippen molar-refractivity contribution in [1.29, 1.82) is 0 Å². The predicted octanol–water partition coefficient (Wildman–Crippen LogP) is 4.34. The molecule has 36 heavy (non-hydrogen) atoms. The van der Waals surface area contributed by atoms with E-state index in [9.17, 15) is 18.0 Å². The third-order valence-corrected chi connectivity index (χ3v) is 7.10. The highest BCUT2D eigenvalue weighted by atomic mass is 79.9. The molecule has 2 aromatic carbocycles. The number of benzene rings is 2. The van der Waals surface area contributed by atoms with Crippen molar-refractivity contribution in [2.24, 2.45) is 0 Å². The number of para-hydroxylation sites is 2. The van der Waals surface area contributed by atoms with Crippen molar-refractivity contribution in [2.45, 2.75) is 59.2 Å². The van der Waals surface area contributed by atoms with E-state index >= 15 is 0 Å². The van der Waals surface area contributed by atoms with Gasteiger partial charge in [-0.1, -0.05) is 40.2 Å². The number of carbonyl (C=O) groups is 2. The van der Waals surface area contributed by atoms with Crippen molar-refractivity contribution in [3.05, 3.63) is 58.6 Å². The maximum absolute atomic E-state index is 13.3. The van der Waals surface area contributed by atoms with Crippen LogP contribution in [0.1, 0.15) is 46.1 Å². The molecule has 8 nitrogen and oxygen atoms in total. The molecule has 0 aliphatic carbocycles. The molecule has 2 amide bonds. The summed E-state index contributed by atoms with van der Waals surface area (Å²) in [4.78, 5) is 27.6. The minimum Gasteiger partial charge on any atom is -0.492 e. The number of nitrogens with zero attached hydrogens (tertiary/aromatic N) is 2. The van der Waals surface area contributed by atoms with Crippen molar-refractivity contribution in [2.75, 3.05) is 23.7 Å². The third kappa shape index (κ3) is 8.81. The molecule has 1 atom stereocenters. The number of amides is 2. The van der Waals surface area contributed by atoms with E-state index in [0.29, 0.717) is 18.0 Å². The van der Waals surface area contributed by atoms with Crippen LogP contribution in [0.25, 0.3) is 0 Å². The lowest BCUT2D eigenvalue weighted by atomic mass is 10.1. The first-order valence-electron chi connectivity index (χ1n) is 12.0. The van der Waals surface area contributed by atoms with E-state index in [4.69, 9.17) is 4.74 Å². The van der Waals surface area contributed by atoms with Crippen LogP contribution >= 0.6 is 15.9 Å². The molecule has 0 spiro atoms. The average molecular weight is 583 g/mol. The number of sulfonamides is 1. The van der Waals surface area contributed by atoms with E-state index in [1.165, 1.54) is 4.31 Å². The van der Waals surface area contributed by atoms with Crippen LogP contribution < -0.4 is 14.4 Å². The third-order valence-electron chi connectivity index (χ3n) is 5.43. The van der Waals surface area contributed by atoms with Crippen molar-refractivity contribution in [3.63, 3.8) is 0 Å². The van der Waals surface area contributed by atoms with Crippen LogP contribution in [0.2, 0.25) is 0 Å². The van der Waals surface area contributed by atoms with E-state index in [0.717, 1.165) is 16.3 Å². The Morgan fingerprint density at radius 2 is 1.78 bits per heavy atom. The van der Waals surface area contributed by atoms with Gasteiger partial charge in [-0.05, 0) is 63.9 Å². The molecule has 2 rings (SSSR count). The number of hydrogen-bond acceptors (Lipinski definition) is 5. The molecule has 0 aromatic heterocycles. The molecule has 10 heteroatoms. The normalized spacial score (nSPS) is 12.2. The van der Waals surface area contributed by atoms with Crippen LogP contribution in [0, 0.1) is 0 Å². The fraction of sp³-hybridized carbons (Fsp3) is 0.462. The minimum absolute atomic E-state index is 0.0588. The Morgan fingerprint density at radius 1 is 1.08 bits per heavy atom. The SMILES string of the molecule is CCOc1ccccc1N(CCCC(=O)N(Cc1cccc(Br)c1)C(C)C(=O)NC(C)C)S(C)(=O)=O. The molecular formula is C26H36BrN3O5S. The smallest absolute Gasteiger partial charge is 0.242 e. The molecule has 1 N–H and O–H groups in total. The number of carbonyl (C=O) groups excluding carboxylic acids is 2. The molecule has 0 bridgehead atoms. The summed E-state index contributed by atoms with van der Waals surface area (Å²) in [6.07, 6.45) is 1.49. The minimum atomic E-state index is -3.61. The van der Waals surface area contributed by atoms with Crippen molar-refractivity contribution >= 4 is 43.5 Å². The number of nitrogens with one attached hydrogen (secondary N) is 1. The van der Waals surface area contributed by atoms with E-state index in [1.54, 1.807) is 36.1 Å². The summed E-state index contributed by atoms with van der Waals surface area (Å²) in [5.41, 5.74) is 1.32. The summed E-state index contributed by atoms with van der Waals surface area (Å²) in [5.74, 6) is -0.00307. The Balaban J connectivity index is 2.21. The maximum Gasteiger partial charge on any atom is 0.242 e. The van der Waals surface area contributed by atoms with Gasteiger partial charge in [0, 0.05) is 30.0 Å². The van der Waals surface area contributed by atoms with Gasteiger partial charge >= 0.3 is 0 Å². The van der Waals surface area contributed by atoms with E-state index in [2.05, 4.69) is 21.2 Å². The lowest BCUT2D eigenvalue weighted by molar-refractivity contribution is -0.140. The number of hydrogen-bond donors (Lipinski definition) is 1. The molecule has 0 aliphatic rings. The topological polar surface area (TPSA) is 96.0 Å². The summed E-state index contributed by atoms with van der Waals surface area (Å²) in [6, 6.07) is 13.8. The molecule has 0 radical (unpaired) electrons. The second-order valence-corrected chi connectivity index (χ2v) is 11.7. The van der Waals surface area contributed by atoms with Crippen LogP contribution in [0.15, 0.2) is 53.0 Å². The Kier molecular flexibility index (Phi) is 11.2. The zero-order valence-electron chi connectivity index (χ0n) is 21.5. The molecule has 0 fully saturated rings. The molecule has 1 unspecified atom stereocenters. The first-order chi connectivity index (χ1) is 16.9. The highest BCUT2D eigenvalue weighted by Gasteiger charge is 2.27. The zero-order chi connectivity index (χ0) is 26.9. The summed E-state index contributed by atoms with van der Waals surface area (Å²) in [5, 5.41) is 2.87. The first-order valence-corrected chi connectivity index (χ1v) is 14.6.